The number of carbonyl (C=O) groups is 1. The highest BCUT2D eigenvalue weighted by molar-refractivity contribution is 7.92. The molecule has 0 spiro atoms. The molecule has 0 radical (unpaired) electrons. The fraction of sp³-hybridized carbons (Fsp3) is 0.682. The molecule has 0 saturated carbocycles. The molecule has 2 rings (SSSR count). The van der Waals surface area contributed by atoms with E-state index in [1.54, 1.807) is 20.8 Å². The minimum absolute atomic E-state index is 0.214. The van der Waals surface area contributed by atoms with Crippen molar-refractivity contribution in [2.75, 3.05) is 5.75 Å². The van der Waals surface area contributed by atoms with Gasteiger partial charge in [0.05, 0.1) is 10.5 Å². The lowest BCUT2D eigenvalue weighted by molar-refractivity contribution is -0.118. The summed E-state index contributed by atoms with van der Waals surface area (Å²) in [5.41, 5.74) is 3.96. The lowest BCUT2D eigenvalue weighted by Gasteiger charge is -2.18. The fourth-order valence-electron chi connectivity index (χ4n) is 3.63. The molecule has 1 aromatic rings. The Kier molecular flexibility index (Phi) is 6.70. The molecule has 146 valence electrons. The number of hydrogen-bond acceptors (Lipinski definition) is 3. The molecule has 0 fully saturated rings. The van der Waals surface area contributed by atoms with Gasteiger partial charge in [-0.1, -0.05) is 38.5 Å². The van der Waals surface area contributed by atoms with Gasteiger partial charge in [0.2, 0.25) is 0 Å². The van der Waals surface area contributed by atoms with Crippen LogP contribution in [-0.2, 0) is 27.5 Å². The van der Waals surface area contributed by atoms with E-state index in [0.717, 1.165) is 24.8 Å². The van der Waals surface area contributed by atoms with Gasteiger partial charge < -0.3 is 0 Å². The van der Waals surface area contributed by atoms with Crippen LogP contribution in [0.25, 0.3) is 0 Å². The van der Waals surface area contributed by atoms with Crippen molar-refractivity contribution in [2.24, 2.45) is 5.92 Å². The number of unbranched alkanes of at least 4 members (excludes halogenated alkanes) is 2. The van der Waals surface area contributed by atoms with Crippen molar-refractivity contribution in [1.29, 1.82) is 0 Å². The largest absolute Gasteiger partial charge is 0.299 e. The Balaban J connectivity index is 1.74. The van der Waals surface area contributed by atoms with E-state index in [9.17, 15) is 13.2 Å². The van der Waals surface area contributed by atoms with E-state index >= 15 is 0 Å². The zero-order chi connectivity index (χ0) is 19.5. The van der Waals surface area contributed by atoms with Crippen molar-refractivity contribution < 1.29 is 13.2 Å². The van der Waals surface area contributed by atoms with Crippen molar-refractivity contribution in [3.8, 4) is 0 Å². The van der Waals surface area contributed by atoms with Crippen LogP contribution in [0.5, 0.6) is 0 Å². The number of benzene rings is 1. The molecule has 0 aromatic heterocycles. The van der Waals surface area contributed by atoms with Crippen LogP contribution in [0, 0.1) is 5.92 Å². The standard InChI is InChI=1S/C22H34O3S/c1-16-13-19-14-18(10-11-21(19)17(16)2)15-20(23)9-7-6-8-12-26(24,25)22(3,4)5/h10-11,14,16-17H,6-9,12-13,15H2,1-5H3. The van der Waals surface area contributed by atoms with E-state index in [-0.39, 0.29) is 11.5 Å². The molecule has 1 aromatic carbocycles. The highest BCUT2D eigenvalue weighted by atomic mass is 32.2. The zero-order valence-electron chi connectivity index (χ0n) is 17.0. The molecule has 0 bridgehead atoms. The zero-order valence-corrected chi connectivity index (χ0v) is 17.8. The van der Waals surface area contributed by atoms with Gasteiger partial charge in [0.1, 0.15) is 5.78 Å². The van der Waals surface area contributed by atoms with Crippen LogP contribution in [0.1, 0.15) is 82.9 Å². The Hall–Kier alpha value is -1.16. The van der Waals surface area contributed by atoms with Crippen LogP contribution >= 0.6 is 0 Å². The second-order valence-corrected chi connectivity index (χ2v) is 11.8. The Morgan fingerprint density at radius 2 is 1.81 bits per heavy atom. The first-order valence-electron chi connectivity index (χ1n) is 9.87. The lowest BCUT2D eigenvalue weighted by Crippen LogP contribution is -2.30. The number of rotatable bonds is 8. The average Bonchev–Trinajstić information content (AvgIpc) is 2.80. The molecule has 0 heterocycles. The van der Waals surface area contributed by atoms with E-state index in [0.29, 0.717) is 31.1 Å². The van der Waals surface area contributed by atoms with Gasteiger partial charge in [0, 0.05) is 12.8 Å². The highest BCUT2D eigenvalue weighted by Gasteiger charge is 2.28. The number of sulfone groups is 1. The third-order valence-electron chi connectivity index (χ3n) is 5.80. The maximum atomic E-state index is 12.2. The molecule has 1 aliphatic rings. The maximum Gasteiger partial charge on any atom is 0.155 e. The summed E-state index contributed by atoms with van der Waals surface area (Å²) in [6.45, 7) is 9.79. The SMILES string of the molecule is CC1Cc2cc(CC(=O)CCCCCS(=O)(=O)C(C)(C)C)ccc2C1C. The van der Waals surface area contributed by atoms with Gasteiger partial charge in [-0.3, -0.25) is 4.79 Å². The van der Waals surface area contributed by atoms with Gasteiger partial charge in [-0.25, -0.2) is 8.42 Å². The van der Waals surface area contributed by atoms with Crippen LogP contribution in [0.2, 0.25) is 0 Å². The predicted octanol–water partition coefficient (Wildman–Crippen LogP) is 4.87. The fourth-order valence-corrected chi connectivity index (χ4v) is 4.83. The number of Topliss-reactive ketones (excluding diaryl/α,β-unsaturated/α-hetero) is 1. The van der Waals surface area contributed by atoms with E-state index < -0.39 is 14.6 Å². The number of hydrogen-bond donors (Lipinski definition) is 0. The number of ketones is 1. The Morgan fingerprint density at radius 1 is 1.12 bits per heavy atom. The molecule has 0 aliphatic heterocycles. The minimum atomic E-state index is -3.05. The molecule has 0 amide bonds. The second-order valence-electron chi connectivity index (χ2n) is 8.96. The average molecular weight is 379 g/mol. The van der Waals surface area contributed by atoms with Crippen LogP contribution in [0.4, 0.5) is 0 Å². The molecule has 2 unspecified atom stereocenters. The molecular weight excluding hydrogens is 344 g/mol. The van der Waals surface area contributed by atoms with E-state index in [1.807, 2.05) is 0 Å². The van der Waals surface area contributed by atoms with Crippen molar-refractivity contribution in [3.63, 3.8) is 0 Å². The molecule has 3 nitrogen and oxygen atoms in total. The summed E-state index contributed by atoms with van der Waals surface area (Å²) in [4.78, 5) is 12.2. The summed E-state index contributed by atoms with van der Waals surface area (Å²) in [5.74, 6) is 1.76. The van der Waals surface area contributed by atoms with E-state index in [4.69, 9.17) is 0 Å². The van der Waals surface area contributed by atoms with Crippen molar-refractivity contribution >= 4 is 15.6 Å². The van der Waals surface area contributed by atoms with Gasteiger partial charge in [0.15, 0.2) is 9.84 Å². The van der Waals surface area contributed by atoms with Gasteiger partial charge >= 0.3 is 0 Å². The molecule has 1 aliphatic carbocycles. The molecule has 2 atom stereocenters. The third kappa shape index (κ3) is 5.18. The molecule has 0 N–H and O–H groups in total. The highest BCUT2D eigenvalue weighted by Crippen LogP contribution is 2.37. The van der Waals surface area contributed by atoms with Gasteiger partial charge in [-0.05, 0) is 68.6 Å². The van der Waals surface area contributed by atoms with Crippen LogP contribution in [0.3, 0.4) is 0 Å². The van der Waals surface area contributed by atoms with Gasteiger partial charge in [-0.15, -0.1) is 0 Å². The predicted molar refractivity (Wildman–Crippen MR) is 108 cm³/mol. The summed E-state index contributed by atoms with van der Waals surface area (Å²) in [7, 11) is -3.05. The quantitative estimate of drug-likeness (QED) is 0.607. The molecule has 26 heavy (non-hydrogen) atoms. The monoisotopic (exact) mass is 378 g/mol. The Labute approximate surface area is 159 Å². The first-order chi connectivity index (χ1) is 12.0. The summed E-state index contributed by atoms with van der Waals surface area (Å²) in [6, 6.07) is 6.51. The third-order valence-corrected chi connectivity index (χ3v) is 8.49. The molecule has 0 saturated heterocycles. The van der Waals surface area contributed by atoms with Gasteiger partial charge in [0.25, 0.3) is 0 Å². The minimum Gasteiger partial charge on any atom is -0.299 e. The summed E-state index contributed by atoms with van der Waals surface area (Å²) >= 11 is 0. The van der Waals surface area contributed by atoms with Crippen molar-refractivity contribution in [2.45, 2.75) is 83.8 Å². The first kappa shape index (κ1) is 21.1. The lowest BCUT2D eigenvalue weighted by atomic mass is 9.95. The Bertz CT molecular complexity index is 741. The van der Waals surface area contributed by atoms with Crippen LogP contribution < -0.4 is 0 Å². The summed E-state index contributed by atoms with van der Waals surface area (Å²) < 4.78 is 23.4. The summed E-state index contributed by atoms with van der Waals surface area (Å²) in [6.07, 6.45) is 4.36. The number of fused-ring (bicyclic) bond motifs is 1. The smallest absolute Gasteiger partial charge is 0.155 e. The van der Waals surface area contributed by atoms with Crippen molar-refractivity contribution in [3.05, 3.63) is 34.9 Å². The normalized spacial score (nSPS) is 20.2. The van der Waals surface area contributed by atoms with Crippen LogP contribution in [-0.4, -0.2) is 24.7 Å². The van der Waals surface area contributed by atoms with Crippen molar-refractivity contribution in [1.82, 2.24) is 0 Å². The second kappa shape index (κ2) is 8.24. The van der Waals surface area contributed by atoms with E-state index in [2.05, 4.69) is 32.0 Å². The maximum absolute atomic E-state index is 12.2. The van der Waals surface area contributed by atoms with Gasteiger partial charge in [-0.2, -0.15) is 0 Å². The molecular formula is C22H34O3S. The topological polar surface area (TPSA) is 51.2 Å². The molecule has 4 heteroatoms. The van der Waals surface area contributed by atoms with Crippen LogP contribution in [0.15, 0.2) is 18.2 Å². The first-order valence-corrected chi connectivity index (χ1v) is 11.5. The number of carbonyl (C=O) groups excluding carboxylic acids is 1. The summed E-state index contributed by atoms with van der Waals surface area (Å²) in [5, 5.41) is 0. The van der Waals surface area contributed by atoms with E-state index in [1.165, 1.54) is 11.1 Å². The Morgan fingerprint density at radius 3 is 2.46 bits per heavy atom.